The van der Waals surface area contributed by atoms with Crippen LogP contribution >= 0.6 is 15.9 Å². The third-order valence-corrected chi connectivity index (χ3v) is 4.69. The second-order valence-corrected chi connectivity index (χ2v) is 6.88. The number of amidine groups is 1. The SMILES string of the molecule is O=C(NC([Se])=NC1=CCC(=C2C=CC=C2)C=C1)c1ccccc1Br. The van der Waals surface area contributed by atoms with Crippen molar-refractivity contribution in [3.8, 4) is 0 Å². The molecule has 0 saturated heterocycles. The van der Waals surface area contributed by atoms with Crippen LogP contribution in [-0.4, -0.2) is 26.7 Å². The van der Waals surface area contributed by atoms with E-state index in [0.29, 0.717) is 10.3 Å². The van der Waals surface area contributed by atoms with Crippen LogP contribution in [0.15, 0.2) is 93.1 Å². The second kappa shape index (κ2) is 7.75. The zero-order valence-electron chi connectivity index (χ0n) is 12.7. The van der Waals surface area contributed by atoms with E-state index in [-0.39, 0.29) is 5.91 Å². The molecule has 0 atom stereocenters. The molecule has 1 radical (unpaired) electrons. The molecule has 3 nitrogen and oxygen atoms in total. The minimum atomic E-state index is -0.204. The first-order valence-electron chi connectivity index (χ1n) is 7.41. The predicted octanol–water partition coefficient (Wildman–Crippen LogP) is 3.97. The Morgan fingerprint density at radius 1 is 1.12 bits per heavy atom. The molecule has 5 heteroatoms. The summed E-state index contributed by atoms with van der Waals surface area (Å²) in [6.07, 6.45) is 15.1. The third kappa shape index (κ3) is 4.12. The van der Waals surface area contributed by atoms with Crippen LogP contribution < -0.4 is 5.32 Å². The van der Waals surface area contributed by atoms with E-state index in [1.807, 2.05) is 42.5 Å². The molecule has 0 saturated carbocycles. The minimum absolute atomic E-state index is 0.204. The van der Waals surface area contributed by atoms with Gasteiger partial charge in [-0.1, -0.05) is 0 Å². The van der Waals surface area contributed by atoms with Gasteiger partial charge in [-0.2, -0.15) is 0 Å². The number of nitrogens with zero attached hydrogens (tertiary/aromatic N) is 1. The van der Waals surface area contributed by atoms with Gasteiger partial charge in [-0.05, 0) is 0 Å². The van der Waals surface area contributed by atoms with E-state index in [1.54, 1.807) is 6.07 Å². The number of carbonyl (C=O) groups excluding carboxylic acids is 1. The Bertz CT molecular complexity index is 846. The maximum absolute atomic E-state index is 12.2. The Morgan fingerprint density at radius 2 is 1.88 bits per heavy atom. The van der Waals surface area contributed by atoms with Crippen molar-refractivity contribution in [2.75, 3.05) is 0 Å². The normalized spacial score (nSPS) is 16.5. The molecule has 0 unspecified atom stereocenters. The number of hydrogen-bond acceptors (Lipinski definition) is 2. The number of carbonyl (C=O) groups is 1. The van der Waals surface area contributed by atoms with Crippen molar-refractivity contribution < 1.29 is 4.79 Å². The van der Waals surface area contributed by atoms with Crippen LogP contribution in [0.2, 0.25) is 0 Å². The Labute approximate surface area is 157 Å². The van der Waals surface area contributed by atoms with Crippen molar-refractivity contribution in [3.05, 3.63) is 93.7 Å². The molecule has 3 rings (SSSR count). The summed E-state index contributed by atoms with van der Waals surface area (Å²) >= 11 is 6.18. The van der Waals surface area contributed by atoms with Crippen molar-refractivity contribution >= 4 is 42.6 Å². The molecule has 2 aliphatic rings. The molecular formula is C19H14BrN2OSe. The maximum atomic E-state index is 12.2. The molecule has 0 aliphatic heterocycles. The van der Waals surface area contributed by atoms with Gasteiger partial charge in [-0.15, -0.1) is 0 Å². The fraction of sp³-hybridized carbons (Fsp3) is 0.0526. The van der Waals surface area contributed by atoms with Crippen LogP contribution in [0.3, 0.4) is 0 Å². The fourth-order valence-electron chi connectivity index (χ4n) is 2.38. The number of allylic oxidation sites excluding steroid dienone is 9. The van der Waals surface area contributed by atoms with E-state index in [9.17, 15) is 4.79 Å². The van der Waals surface area contributed by atoms with Crippen LogP contribution in [0.25, 0.3) is 0 Å². The molecule has 1 amide bonds. The summed E-state index contributed by atoms with van der Waals surface area (Å²) in [6.45, 7) is 0. The van der Waals surface area contributed by atoms with Gasteiger partial charge in [0.15, 0.2) is 0 Å². The van der Waals surface area contributed by atoms with Gasteiger partial charge >= 0.3 is 158 Å². The molecular weight excluding hydrogens is 431 g/mol. The quantitative estimate of drug-likeness (QED) is 0.418. The number of aliphatic imine (C=N–C) groups is 1. The number of nitrogens with one attached hydrogen (secondary N) is 1. The molecule has 0 aromatic heterocycles. The number of benzene rings is 1. The first-order valence-corrected chi connectivity index (χ1v) is 9.06. The average molecular weight is 445 g/mol. The van der Waals surface area contributed by atoms with Gasteiger partial charge in [-0.3, -0.25) is 0 Å². The Balaban J connectivity index is 1.67. The zero-order valence-corrected chi connectivity index (χ0v) is 16.0. The van der Waals surface area contributed by atoms with E-state index in [2.05, 4.69) is 60.5 Å². The summed E-state index contributed by atoms with van der Waals surface area (Å²) in [5.74, 6) is -0.204. The van der Waals surface area contributed by atoms with Gasteiger partial charge < -0.3 is 0 Å². The van der Waals surface area contributed by atoms with Crippen molar-refractivity contribution in [2.45, 2.75) is 6.42 Å². The molecule has 2 aliphatic carbocycles. The Morgan fingerprint density at radius 3 is 2.54 bits per heavy atom. The van der Waals surface area contributed by atoms with Gasteiger partial charge in [0.05, 0.1) is 0 Å². The van der Waals surface area contributed by atoms with Gasteiger partial charge in [0.2, 0.25) is 0 Å². The fourth-order valence-corrected chi connectivity index (χ4v) is 3.26. The number of hydrogen-bond donors (Lipinski definition) is 1. The number of amides is 1. The Kier molecular flexibility index (Phi) is 5.46. The Hall–Kier alpha value is -1.94. The van der Waals surface area contributed by atoms with E-state index >= 15 is 0 Å². The van der Waals surface area contributed by atoms with Gasteiger partial charge in [-0.25, -0.2) is 0 Å². The van der Waals surface area contributed by atoms with Gasteiger partial charge in [0, 0.05) is 0 Å². The van der Waals surface area contributed by atoms with Crippen LogP contribution in [-0.2, 0) is 0 Å². The van der Waals surface area contributed by atoms with Crippen LogP contribution in [0.4, 0.5) is 0 Å². The van der Waals surface area contributed by atoms with Crippen molar-refractivity contribution in [3.63, 3.8) is 0 Å². The average Bonchev–Trinajstić information content (AvgIpc) is 3.10. The van der Waals surface area contributed by atoms with Crippen LogP contribution in [0.1, 0.15) is 16.8 Å². The van der Waals surface area contributed by atoms with Crippen molar-refractivity contribution in [1.29, 1.82) is 0 Å². The summed E-state index contributed by atoms with van der Waals surface area (Å²) < 4.78 is 1.20. The third-order valence-electron chi connectivity index (χ3n) is 3.59. The van der Waals surface area contributed by atoms with Gasteiger partial charge in [0.25, 0.3) is 0 Å². The molecule has 24 heavy (non-hydrogen) atoms. The molecule has 0 bridgehead atoms. The van der Waals surface area contributed by atoms with Crippen molar-refractivity contribution in [1.82, 2.24) is 5.32 Å². The second-order valence-electron chi connectivity index (χ2n) is 5.22. The summed E-state index contributed by atoms with van der Waals surface area (Å²) in [5.41, 5.74) is 3.89. The predicted molar refractivity (Wildman–Crippen MR) is 102 cm³/mol. The van der Waals surface area contributed by atoms with E-state index in [1.165, 1.54) is 11.1 Å². The molecule has 1 N–H and O–H groups in total. The summed E-state index contributed by atoms with van der Waals surface area (Å²) in [5, 5.41) is 2.77. The monoisotopic (exact) mass is 445 g/mol. The number of rotatable bonds is 2. The molecule has 119 valence electrons. The topological polar surface area (TPSA) is 41.5 Å². The first kappa shape index (κ1) is 16.9. The first-order chi connectivity index (χ1) is 11.6. The van der Waals surface area contributed by atoms with Crippen LogP contribution in [0.5, 0.6) is 0 Å². The van der Waals surface area contributed by atoms with E-state index < -0.39 is 0 Å². The van der Waals surface area contributed by atoms with Crippen LogP contribution in [0, 0.1) is 0 Å². The summed E-state index contributed by atoms with van der Waals surface area (Å²) in [4.78, 5) is 16.7. The molecule has 0 spiro atoms. The van der Waals surface area contributed by atoms with Gasteiger partial charge in [0.1, 0.15) is 0 Å². The standard InChI is InChI=1S/C19H14BrN2OSe/c20-17-8-4-3-7-16(17)18(23)22-19(24)21-15-11-9-14(10-12-15)13-5-1-2-6-13/h1-9,11-12H,10H2,(H,21,22,23). The van der Waals surface area contributed by atoms with Crippen molar-refractivity contribution in [2.24, 2.45) is 4.99 Å². The molecule has 0 heterocycles. The molecule has 1 aromatic rings. The van der Waals surface area contributed by atoms with E-state index in [0.717, 1.165) is 16.6 Å². The molecule has 0 fully saturated rings. The zero-order chi connectivity index (χ0) is 16.9. The molecule has 1 aromatic carbocycles. The number of halogens is 1. The summed E-state index contributed by atoms with van der Waals surface area (Å²) in [6, 6.07) is 7.28. The summed E-state index contributed by atoms with van der Waals surface area (Å²) in [7, 11) is 0. The van der Waals surface area contributed by atoms with E-state index in [4.69, 9.17) is 0 Å².